The zero-order chi connectivity index (χ0) is 20.2. The second kappa shape index (κ2) is 8.66. The number of hydrogen-bond acceptors (Lipinski definition) is 3. The highest BCUT2D eigenvalue weighted by atomic mass is 16.1. The van der Waals surface area contributed by atoms with E-state index in [-0.39, 0.29) is 11.9 Å². The van der Waals surface area contributed by atoms with Crippen molar-refractivity contribution in [1.29, 1.82) is 0 Å². The fourth-order valence-corrected chi connectivity index (χ4v) is 4.14. The smallest absolute Gasteiger partial charge is 0.252 e. The van der Waals surface area contributed by atoms with Gasteiger partial charge in [0.15, 0.2) is 0 Å². The molecule has 1 saturated heterocycles. The van der Waals surface area contributed by atoms with Gasteiger partial charge in [0.05, 0.1) is 6.04 Å². The number of hydrogen-bond donors (Lipinski definition) is 3. The predicted molar refractivity (Wildman–Crippen MR) is 121 cm³/mol. The Morgan fingerprint density at radius 1 is 1.03 bits per heavy atom. The summed E-state index contributed by atoms with van der Waals surface area (Å²) in [6.45, 7) is 6.12. The molecular weight excluding hydrogens is 358 g/mol. The van der Waals surface area contributed by atoms with E-state index >= 15 is 0 Å². The van der Waals surface area contributed by atoms with Gasteiger partial charge in [-0.1, -0.05) is 48.5 Å². The maximum absolute atomic E-state index is 13.1. The SMILES string of the molecule is Cc1ccc(NC2CCNCC2)cc1C(=O)N[C@H](C)c1cccc2ccccc12. The first kappa shape index (κ1) is 19.5. The molecule has 0 spiro atoms. The van der Waals surface area contributed by atoms with Crippen LogP contribution in [0, 0.1) is 6.92 Å². The molecule has 0 bridgehead atoms. The van der Waals surface area contributed by atoms with Gasteiger partial charge in [-0.3, -0.25) is 4.79 Å². The van der Waals surface area contributed by atoms with Gasteiger partial charge in [-0.2, -0.15) is 0 Å². The van der Waals surface area contributed by atoms with Crippen LogP contribution in [-0.2, 0) is 0 Å². The van der Waals surface area contributed by atoms with Crippen molar-refractivity contribution in [2.45, 2.75) is 38.8 Å². The van der Waals surface area contributed by atoms with Crippen LogP contribution in [0.3, 0.4) is 0 Å². The maximum atomic E-state index is 13.1. The fourth-order valence-electron chi connectivity index (χ4n) is 4.14. The Hall–Kier alpha value is -2.85. The number of rotatable bonds is 5. The van der Waals surface area contributed by atoms with Gasteiger partial charge in [-0.25, -0.2) is 0 Å². The van der Waals surface area contributed by atoms with Crippen LogP contribution >= 0.6 is 0 Å². The third-order valence-corrected chi connectivity index (χ3v) is 5.83. The van der Waals surface area contributed by atoms with Crippen LogP contribution in [0.2, 0.25) is 0 Å². The minimum atomic E-state index is -0.0750. The zero-order valence-electron chi connectivity index (χ0n) is 17.2. The number of aryl methyl sites for hydroxylation is 1. The van der Waals surface area contributed by atoms with Crippen molar-refractivity contribution in [1.82, 2.24) is 10.6 Å². The van der Waals surface area contributed by atoms with E-state index in [1.54, 1.807) is 0 Å². The fraction of sp³-hybridized carbons (Fsp3) is 0.320. The number of carbonyl (C=O) groups is 1. The maximum Gasteiger partial charge on any atom is 0.252 e. The Morgan fingerprint density at radius 3 is 2.62 bits per heavy atom. The van der Waals surface area contributed by atoms with Crippen LogP contribution in [-0.4, -0.2) is 25.0 Å². The third-order valence-electron chi connectivity index (χ3n) is 5.83. The lowest BCUT2D eigenvalue weighted by Crippen LogP contribution is -2.35. The van der Waals surface area contributed by atoms with Gasteiger partial charge >= 0.3 is 0 Å². The minimum Gasteiger partial charge on any atom is -0.382 e. The molecule has 1 aliphatic heterocycles. The van der Waals surface area contributed by atoms with Crippen LogP contribution in [0.25, 0.3) is 10.8 Å². The highest BCUT2D eigenvalue weighted by Gasteiger charge is 2.17. The summed E-state index contributed by atoms with van der Waals surface area (Å²) in [6.07, 6.45) is 2.21. The Balaban J connectivity index is 1.52. The third kappa shape index (κ3) is 4.43. The normalized spacial score (nSPS) is 15.8. The number of anilines is 1. The molecule has 0 radical (unpaired) electrons. The Morgan fingerprint density at radius 2 is 1.79 bits per heavy atom. The molecule has 0 aromatic heterocycles. The van der Waals surface area contributed by atoms with E-state index in [4.69, 9.17) is 0 Å². The molecule has 150 valence electrons. The summed E-state index contributed by atoms with van der Waals surface area (Å²) >= 11 is 0. The molecule has 1 heterocycles. The molecule has 1 atom stereocenters. The number of carbonyl (C=O) groups excluding carboxylic acids is 1. The number of fused-ring (bicyclic) bond motifs is 1. The van der Waals surface area contributed by atoms with Gasteiger partial charge in [0.2, 0.25) is 0 Å². The van der Waals surface area contributed by atoms with E-state index in [0.29, 0.717) is 6.04 Å². The lowest BCUT2D eigenvalue weighted by Gasteiger charge is -2.25. The quantitative estimate of drug-likeness (QED) is 0.589. The van der Waals surface area contributed by atoms with Gasteiger partial charge in [0.25, 0.3) is 5.91 Å². The molecule has 29 heavy (non-hydrogen) atoms. The lowest BCUT2D eigenvalue weighted by molar-refractivity contribution is 0.0939. The first-order chi connectivity index (χ1) is 14.1. The van der Waals surface area contributed by atoms with E-state index in [9.17, 15) is 4.79 Å². The Kier molecular flexibility index (Phi) is 5.81. The number of amides is 1. The van der Waals surface area contributed by atoms with E-state index in [1.807, 2.05) is 38.1 Å². The van der Waals surface area contributed by atoms with Gasteiger partial charge in [0, 0.05) is 17.3 Å². The summed E-state index contributed by atoms with van der Waals surface area (Å²) in [5.41, 5.74) is 3.88. The summed E-state index contributed by atoms with van der Waals surface area (Å²) < 4.78 is 0. The molecule has 0 saturated carbocycles. The average Bonchev–Trinajstić information content (AvgIpc) is 2.75. The lowest BCUT2D eigenvalue weighted by atomic mass is 9.99. The van der Waals surface area contributed by atoms with E-state index < -0.39 is 0 Å². The van der Waals surface area contributed by atoms with Crippen LogP contribution in [0.5, 0.6) is 0 Å². The van der Waals surface area contributed by atoms with Gasteiger partial charge in [-0.05, 0) is 73.8 Å². The molecule has 0 unspecified atom stereocenters. The largest absolute Gasteiger partial charge is 0.382 e. The monoisotopic (exact) mass is 387 g/mol. The van der Waals surface area contributed by atoms with Crippen molar-refractivity contribution < 1.29 is 4.79 Å². The molecule has 1 amide bonds. The summed E-state index contributed by atoms with van der Waals surface area (Å²) in [5.74, 6) is -0.0307. The van der Waals surface area contributed by atoms with Crippen LogP contribution < -0.4 is 16.0 Å². The summed E-state index contributed by atoms with van der Waals surface area (Å²) in [5, 5.41) is 12.5. The molecule has 3 aromatic rings. The number of benzene rings is 3. The second-order valence-corrected chi connectivity index (χ2v) is 7.96. The van der Waals surface area contributed by atoms with Gasteiger partial charge < -0.3 is 16.0 Å². The first-order valence-corrected chi connectivity index (χ1v) is 10.5. The molecule has 3 N–H and O–H groups in total. The molecule has 4 nitrogen and oxygen atoms in total. The molecule has 0 aliphatic carbocycles. The van der Waals surface area contributed by atoms with E-state index in [0.717, 1.165) is 48.3 Å². The highest BCUT2D eigenvalue weighted by Crippen LogP contribution is 2.25. The topological polar surface area (TPSA) is 53.2 Å². The van der Waals surface area contributed by atoms with E-state index in [2.05, 4.69) is 52.3 Å². The van der Waals surface area contributed by atoms with Crippen molar-refractivity contribution in [3.8, 4) is 0 Å². The number of piperidine rings is 1. The molecule has 1 aliphatic rings. The van der Waals surface area contributed by atoms with Crippen LogP contribution in [0.1, 0.15) is 47.3 Å². The molecule has 3 aromatic carbocycles. The molecular formula is C25H29N3O. The molecule has 4 rings (SSSR count). The van der Waals surface area contributed by atoms with Crippen molar-refractivity contribution in [2.24, 2.45) is 0 Å². The minimum absolute atomic E-state index is 0.0307. The Labute approximate surface area is 172 Å². The van der Waals surface area contributed by atoms with E-state index in [1.165, 1.54) is 10.8 Å². The number of nitrogens with one attached hydrogen (secondary N) is 3. The van der Waals surface area contributed by atoms with Gasteiger partial charge in [0.1, 0.15) is 0 Å². The first-order valence-electron chi connectivity index (χ1n) is 10.5. The van der Waals surface area contributed by atoms with Gasteiger partial charge in [-0.15, -0.1) is 0 Å². The molecule has 4 heteroatoms. The van der Waals surface area contributed by atoms with Crippen molar-refractivity contribution >= 4 is 22.4 Å². The standard InChI is InChI=1S/C25H29N3O/c1-17-10-11-21(28-20-12-14-26-15-13-20)16-24(17)25(29)27-18(2)22-9-5-7-19-6-3-4-8-23(19)22/h3-11,16,18,20,26,28H,12-15H2,1-2H3,(H,27,29)/t18-/m1/s1. The highest BCUT2D eigenvalue weighted by molar-refractivity contribution is 5.97. The van der Waals surface area contributed by atoms with Crippen molar-refractivity contribution in [2.75, 3.05) is 18.4 Å². The van der Waals surface area contributed by atoms with Crippen LogP contribution in [0.4, 0.5) is 5.69 Å². The molecule has 1 fully saturated rings. The zero-order valence-corrected chi connectivity index (χ0v) is 17.2. The van der Waals surface area contributed by atoms with Crippen LogP contribution in [0.15, 0.2) is 60.7 Å². The van der Waals surface area contributed by atoms with Crippen molar-refractivity contribution in [3.05, 3.63) is 77.4 Å². The predicted octanol–water partition coefficient (Wildman–Crippen LogP) is 4.80. The summed E-state index contributed by atoms with van der Waals surface area (Å²) in [7, 11) is 0. The summed E-state index contributed by atoms with van der Waals surface area (Å²) in [4.78, 5) is 13.1. The Bertz CT molecular complexity index is 1000. The van der Waals surface area contributed by atoms with Crippen molar-refractivity contribution in [3.63, 3.8) is 0 Å². The summed E-state index contributed by atoms with van der Waals surface area (Å²) in [6, 6.07) is 21.0. The average molecular weight is 388 g/mol. The second-order valence-electron chi connectivity index (χ2n) is 7.96.